The second kappa shape index (κ2) is 56.1. The fourth-order valence-electron chi connectivity index (χ4n) is 7.49. The van der Waals surface area contributed by atoms with E-state index in [1.807, 2.05) is 12.2 Å². The van der Waals surface area contributed by atoms with E-state index in [1.165, 1.54) is 141 Å². The van der Waals surface area contributed by atoms with Gasteiger partial charge in [-0.15, -0.1) is 0 Å². The molecule has 0 saturated heterocycles. The Balaban J connectivity index is 4.38. The number of ether oxygens (including phenoxy) is 3. The van der Waals surface area contributed by atoms with E-state index < -0.39 is 6.10 Å². The van der Waals surface area contributed by atoms with Crippen LogP contribution in [0.2, 0.25) is 0 Å². The minimum Gasteiger partial charge on any atom is -0.461 e. The number of carbonyl (C=O) groups excluding carboxylic acids is 2. The van der Waals surface area contributed by atoms with E-state index in [4.69, 9.17) is 14.2 Å². The van der Waals surface area contributed by atoms with Gasteiger partial charge in [0.15, 0.2) is 6.10 Å². The molecule has 0 rings (SSSR count). The van der Waals surface area contributed by atoms with Crippen molar-refractivity contribution in [1.29, 1.82) is 0 Å². The molecule has 0 aliphatic heterocycles. The molecule has 0 bridgehead atoms. The van der Waals surface area contributed by atoms with Gasteiger partial charge in [0.2, 0.25) is 0 Å². The summed E-state index contributed by atoms with van der Waals surface area (Å²) in [6.45, 7) is 7.57. The van der Waals surface area contributed by atoms with Crippen LogP contribution < -0.4 is 0 Å². The summed E-state index contributed by atoms with van der Waals surface area (Å²) < 4.78 is 17.3. The first-order valence-corrected chi connectivity index (χ1v) is 27.8. The van der Waals surface area contributed by atoms with E-state index in [0.717, 1.165) is 77.0 Å². The summed E-state index contributed by atoms with van der Waals surface area (Å²) in [5.41, 5.74) is 0. The highest BCUT2D eigenvalue weighted by atomic mass is 16.6. The molecule has 378 valence electrons. The van der Waals surface area contributed by atoms with E-state index in [1.54, 1.807) is 0 Å². The first-order chi connectivity index (χ1) is 32.6. The summed E-state index contributed by atoms with van der Waals surface area (Å²) in [5, 5.41) is 0. The molecule has 0 aromatic rings. The van der Waals surface area contributed by atoms with Gasteiger partial charge in [-0.3, -0.25) is 9.59 Å². The van der Waals surface area contributed by atoms with Crippen molar-refractivity contribution < 1.29 is 23.8 Å². The third kappa shape index (κ3) is 53.4. The van der Waals surface area contributed by atoms with Crippen LogP contribution in [-0.2, 0) is 23.8 Å². The molecule has 0 radical (unpaired) electrons. The second-order valence-electron chi connectivity index (χ2n) is 18.1. The molecule has 0 saturated carbocycles. The number of carbonyl (C=O) groups is 2. The van der Waals surface area contributed by atoms with Crippen LogP contribution in [0.1, 0.15) is 252 Å². The third-order valence-corrected chi connectivity index (χ3v) is 11.6. The Kier molecular flexibility index (Phi) is 53.4. The topological polar surface area (TPSA) is 61.8 Å². The van der Waals surface area contributed by atoms with Crippen LogP contribution in [0, 0.1) is 0 Å². The van der Waals surface area contributed by atoms with Gasteiger partial charge in [0, 0.05) is 13.0 Å². The van der Waals surface area contributed by atoms with E-state index in [0.29, 0.717) is 13.0 Å². The smallest absolute Gasteiger partial charge is 0.309 e. The normalized spacial score (nSPS) is 13.0. The highest BCUT2D eigenvalue weighted by molar-refractivity contribution is 5.71. The SMILES string of the molecule is CC/C=C\C/C=C\C/C=C\C/C=C\C/C=C\CC(=O)OCC(COCCCCCCCCCCCC/C=C\C/C=C\CCCCC)OC(=O)CCCCCCC/C=C\CCCCCCCC. The molecule has 0 heterocycles. The zero-order valence-electron chi connectivity index (χ0n) is 43.4. The molecule has 0 aromatic heterocycles. The molecule has 1 unspecified atom stereocenters. The number of rotatable bonds is 50. The van der Waals surface area contributed by atoms with Crippen LogP contribution in [0.4, 0.5) is 0 Å². The highest BCUT2D eigenvalue weighted by Crippen LogP contribution is 2.14. The Bertz CT molecular complexity index is 1270. The highest BCUT2D eigenvalue weighted by Gasteiger charge is 2.17. The number of esters is 2. The molecule has 0 aliphatic rings. The number of hydrogen-bond donors (Lipinski definition) is 0. The Morgan fingerprint density at radius 1 is 0.364 bits per heavy atom. The predicted octanol–water partition coefficient (Wildman–Crippen LogP) is 19.0. The minimum atomic E-state index is -0.587. The molecule has 0 aliphatic carbocycles. The van der Waals surface area contributed by atoms with E-state index in [-0.39, 0.29) is 31.6 Å². The predicted molar refractivity (Wildman–Crippen MR) is 288 cm³/mol. The lowest BCUT2D eigenvalue weighted by molar-refractivity contribution is -0.162. The fourth-order valence-corrected chi connectivity index (χ4v) is 7.49. The first-order valence-electron chi connectivity index (χ1n) is 27.8. The van der Waals surface area contributed by atoms with Crippen LogP contribution in [0.3, 0.4) is 0 Å². The maximum Gasteiger partial charge on any atom is 0.309 e. The molecule has 1 atom stereocenters. The van der Waals surface area contributed by atoms with Crippen molar-refractivity contribution in [1.82, 2.24) is 0 Å². The standard InChI is InChI=1S/C61H104O5/c1-4-7-10-13-16-19-22-25-28-29-30-31-32-35-38-41-44-47-50-53-56-64-57-59(66-61(63)55-52-49-46-43-40-37-34-27-24-21-18-15-12-9-6-3)58-65-60(62)54-51-48-45-42-39-36-33-26-23-20-17-14-11-8-5-2/h8,11,16-17,19-20,25-28,33-34,39,42,48,51,59H,4-7,9-10,12-15,18,21-24,29-32,35-38,40-41,43-47,49-50,52-58H2,1-3H3/b11-8-,19-16-,20-17-,28-25-,33-26-,34-27-,42-39-,51-48-. The van der Waals surface area contributed by atoms with Crippen LogP contribution in [-0.4, -0.2) is 37.9 Å². The quantitative estimate of drug-likeness (QED) is 0.0346. The molecule has 0 fully saturated rings. The number of hydrogen-bond acceptors (Lipinski definition) is 5. The van der Waals surface area contributed by atoms with Crippen molar-refractivity contribution in [3.8, 4) is 0 Å². The Hall–Kier alpha value is -3.18. The summed E-state index contributed by atoms with van der Waals surface area (Å²) in [5.74, 6) is -0.554. The lowest BCUT2D eigenvalue weighted by Gasteiger charge is -2.18. The summed E-state index contributed by atoms with van der Waals surface area (Å²) in [7, 11) is 0. The van der Waals surface area contributed by atoms with Gasteiger partial charge in [-0.25, -0.2) is 0 Å². The van der Waals surface area contributed by atoms with E-state index in [9.17, 15) is 9.59 Å². The monoisotopic (exact) mass is 917 g/mol. The van der Waals surface area contributed by atoms with E-state index in [2.05, 4.69) is 106 Å². The van der Waals surface area contributed by atoms with Gasteiger partial charge in [-0.05, 0) is 103 Å². The summed E-state index contributed by atoms with van der Waals surface area (Å²) in [4.78, 5) is 25.4. The van der Waals surface area contributed by atoms with Crippen molar-refractivity contribution in [3.63, 3.8) is 0 Å². The van der Waals surface area contributed by atoms with Gasteiger partial charge in [0.25, 0.3) is 0 Å². The molecular formula is C61H104O5. The Labute approximate surface area is 409 Å². The average Bonchev–Trinajstić information content (AvgIpc) is 3.32. The molecule has 0 amide bonds. The maximum atomic E-state index is 12.8. The van der Waals surface area contributed by atoms with Crippen LogP contribution >= 0.6 is 0 Å². The molecular weight excluding hydrogens is 813 g/mol. The number of unbranched alkanes of at least 4 members (excludes halogenated alkanes) is 24. The summed E-state index contributed by atoms with van der Waals surface area (Å²) >= 11 is 0. The van der Waals surface area contributed by atoms with Crippen molar-refractivity contribution in [3.05, 3.63) is 97.2 Å². The molecule has 5 nitrogen and oxygen atoms in total. The Morgan fingerprint density at radius 2 is 0.727 bits per heavy atom. The largest absolute Gasteiger partial charge is 0.461 e. The first kappa shape index (κ1) is 62.8. The number of allylic oxidation sites excluding steroid dienone is 15. The average molecular weight is 917 g/mol. The summed E-state index contributed by atoms with van der Waals surface area (Å²) in [6.07, 6.45) is 75.9. The molecule has 0 aromatic carbocycles. The zero-order valence-corrected chi connectivity index (χ0v) is 43.4. The van der Waals surface area contributed by atoms with Crippen LogP contribution in [0.5, 0.6) is 0 Å². The van der Waals surface area contributed by atoms with Crippen LogP contribution in [0.25, 0.3) is 0 Å². The fraction of sp³-hybridized carbons (Fsp3) is 0.705. The minimum absolute atomic E-state index is 0.0230. The third-order valence-electron chi connectivity index (χ3n) is 11.6. The van der Waals surface area contributed by atoms with Crippen LogP contribution in [0.15, 0.2) is 97.2 Å². The van der Waals surface area contributed by atoms with Gasteiger partial charge in [-0.1, -0.05) is 234 Å². The van der Waals surface area contributed by atoms with Gasteiger partial charge in [0.05, 0.1) is 13.0 Å². The lowest BCUT2D eigenvalue weighted by atomic mass is 10.1. The van der Waals surface area contributed by atoms with Crippen molar-refractivity contribution in [2.45, 2.75) is 258 Å². The molecule has 66 heavy (non-hydrogen) atoms. The molecule has 0 N–H and O–H groups in total. The maximum absolute atomic E-state index is 12.8. The second-order valence-corrected chi connectivity index (χ2v) is 18.1. The molecule has 5 heteroatoms. The van der Waals surface area contributed by atoms with Crippen molar-refractivity contribution in [2.24, 2.45) is 0 Å². The lowest BCUT2D eigenvalue weighted by Crippen LogP contribution is -2.30. The van der Waals surface area contributed by atoms with Gasteiger partial charge in [-0.2, -0.15) is 0 Å². The zero-order chi connectivity index (χ0) is 47.7. The van der Waals surface area contributed by atoms with Gasteiger partial charge < -0.3 is 14.2 Å². The van der Waals surface area contributed by atoms with Gasteiger partial charge >= 0.3 is 11.9 Å². The Morgan fingerprint density at radius 3 is 1.21 bits per heavy atom. The summed E-state index contributed by atoms with van der Waals surface area (Å²) in [6, 6.07) is 0. The van der Waals surface area contributed by atoms with Gasteiger partial charge in [0.1, 0.15) is 6.61 Å². The molecule has 0 spiro atoms. The van der Waals surface area contributed by atoms with E-state index >= 15 is 0 Å². The van der Waals surface area contributed by atoms with Crippen molar-refractivity contribution in [2.75, 3.05) is 19.8 Å². The van der Waals surface area contributed by atoms with Crippen molar-refractivity contribution >= 4 is 11.9 Å².